The van der Waals surface area contributed by atoms with Crippen LogP contribution in [0.5, 0.6) is 5.75 Å². The minimum absolute atomic E-state index is 0.104. The number of nitrogens with zero attached hydrogens (tertiary/aromatic N) is 2. The summed E-state index contributed by atoms with van der Waals surface area (Å²) >= 11 is 3.10. The number of thioether (sulfide) groups is 1. The molecule has 0 fully saturated rings. The Bertz CT molecular complexity index is 929. The molecule has 0 unspecified atom stereocenters. The lowest BCUT2D eigenvalue weighted by molar-refractivity contribution is -0.115. The molecule has 0 N–H and O–H groups in total. The van der Waals surface area contributed by atoms with Gasteiger partial charge in [0.2, 0.25) is 0 Å². The molecular formula is C19H20N2O2S2. The maximum absolute atomic E-state index is 12.2. The van der Waals surface area contributed by atoms with E-state index in [0.717, 1.165) is 21.7 Å². The number of rotatable bonds is 6. The Morgan fingerprint density at radius 2 is 2.04 bits per heavy atom. The van der Waals surface area contributed by atoms with Gasteiger partial charge in [-0.1, -0.05) is 41.7 Å². The fourth-order valence-electron chi connectivity index (χ4n) is 2.45. The molecule has 0 aliphatic carbocycles. The van der Waals surface area contributed by atoms with E-state index in [-0.39, 0.29) is 5.91 Å². The quantitative estimate of drug-likeness (QED) is 0.657. The number of benzene rings is 2. The maximum Gasteiger partial charge on any atom is 0.258 e. The van der Waals surface area contributed by atoms with Crippen LogP contribution in [0.25, 0.3) is 10.2 Å². The van der Waals surface area contributed by atoms with Crippen molar-refractivity contribution in [3.05, 3.63) is 58.9 Å². The van der Waals surface area contributed by atoms with Gasteiger partial charge in [0.25, 0.3) is 5.91 Å². The van der Waals surface area contributed by atoms with Crippen LogP contribution in [0.4, 0.5) is 0 Å². The topological polar surface area (TPSA) is 43.6 Å². The zero-order valence-electron chi connectivity index (χ0n) is 14.3. The van der Waals surface area contributed by atoms with E-state index in [0.29, 0.717) is 17.2 Å². The summed E-state index contributed by atoms with van der Waals surface area (Å²) in [4.78, 5) is 17.2. The molecule has 3 rings (SSSR count). The highest BCUT2D eigenvalue weighted by Gasteiger charge is 2.07. The van der Waals surface area contributed by atoms with Crippen molar-refractivity contribution in [2.24, 2.45) is 12.0 Å². The van der Waals surface area contributed by atoms with E-state index in [9.17, 15) is 4.79 Å². The summed E-state index contributed by atoms with van der Waals surface area (Å²) in [6, 6.07) is 16.1. The summed E-state index contributed by atoms with van der Waals surface area (Å²) in [5.74, 6) is 1.94. The standard InChI is InChI=1S/C19H20N2O2S2/c1-3-23-15-9-10-16-17(11-15)25-19(21(16)2)20-18(22)13-24-12-14-7-5-4-6-8-14/h4-11H,3,12-13H2,1-2H3. The van der Waals surface area contributed by atoms with E-state index in [2.05, 4.69) is 17.1 Å². The highest BCUT2D eigenvalue weighted by Crippen LogP contribution is 2.22. The van der Waals surface area contributed by atoms with E-state index < -0.39 is 0 Å². The van der Waals surface area contributed by atoms with Gasteiger partial charge in [-0.3, -0.25) is 4.79 Å². The molecule has 0 saturated carbocycles. The van der Waals surface area contributed by atoms with Crippen LogP contribution in [0.3, 0.4) is 0 Å². The molecule has 25 heavy (non-hydrogen) atoms. The smallest absolute Gasteiger partial charge is 0.258 e. The molecule has 6 heteroatoms. The second-order valence-electron chi connectivity index (χ2n) is 5.49. The molecule has 2 aromatic carbocycles. The Kier molecular flexibility index (Phi) is 5.94. The SMILES string of the molecule is CCOc1ccc2c(c1)sc(=NC(=O)CSCc1ccccc1)n2C. The van der Waals surface area contributed by atoms with Crippen molar-refractivity contribution in [3.63, 3.8) is 0 Å². The summed E-state index contributed by atoms with van der Waals surface area (Å²) in [5, 5.41) is 0. The summed E-state index contributed by atoms with van der Waals surface area (Å²) in [7, 11) is 1.93. The van der Waals surface area contributed by atoms with E-state index in [4.69, 9.17) is 4.74 Å². The number of aryl methyl sites for hydroxylation is 1. The Balaban J connectivity index is 1.71. The van der Waals surface area contributed by atoms with Gasteiger partial charge in [0.15, 0.2) is 4.80 Å². The minimum atomic E-state index is -0.104. The summed E-state index contributed by atoms with van der Waals surface area (Å²) in [5.41, 5.74) is 2.27. The van der Waals surface area contributed by atoms with Crippen molar-refractivity contribution < 1.29 is 9.53 Å². The molecule has 0 spiro atoms. The summed E-state index contributed by atoms with van der Waals surface area (Å²) < 4.78 is 8.56. The highest BCUT2D eigenvalue weighted by atomic mass is 32.2. The van der Waals surface area contributed by atoms with Gasteiger partial charge in [0, 0.05) is 12.8 Å². The van der Waals surface area contributed by atoms with E-state index >= 15 is 0 Å². The van der Waals surface area contributed by atoms with E-state index in [1.807, 2.05) is 54.9 Å². The number of hydrogen-bond donors (Lipinski definition) is 0. The van der Waals surface area contributed by atoms with Crippen molar-refractivity contribution in [1.82, 2.24) is 4.57 Å². The number of amides is 1. The third-order valence-corrected chi connectivity index (χ3v) is 5.73. The summed E-state index contributed by atoms with van der Waals surface area (Å²) in [6.07, 6.45) is 0. The predicted octanol–water partition coefficient (Wildman–Crippen LogP) is 4.00. The minimum Gasteiger partial charge on any atom is -0.494 e. The average molecular weight is 373 g/mol. The lowest BCUT2D eigenvalue weighted by atomic mass is 10.2. The van der Waals surface area contributed by atoms with Gasteiger partial charge >= 0.3 is 0 Å². The van der Waals surface area contributed by atoms with Crippen LogP contribution < -0.4 is 9.54 Å². The molecule has 3 aromatic rings. The van der Waals surface area contributed by atoms with Crippen molar-refractivity contribution in [2.75, 3.05) is 12.4 Å². The Morgan fingerprint density at radius 3 is 2.80 bits per heavy atom. The van der Waals surface area contributed by atoms with Crippen LogP contribution in [0.1, 0.15) is 12.5 Å². The molecule has 130 valence electrons. The number of aromatic nitrogens is 1. The molecule has 0 aliphatic heterocycles. The van der Waals surface area contributed by atoms with Crippen LogP contribution >= 0.6 is 23.1 Å². The molecule has 4 nitrogen and oxygen atoms in total. The van der Waals surface area contributed by atoms with Crippen LogP contribution in [-0.2, 0) is 17.6 Å². The maximum atomic E-state index is 12.2. The number of carbonyl (C=O) groups excluding carboxylic acids is 1. The van der Waals surface area contributed by atoms with Gasteiger partial charge in [-0.15, -0.1) is 11.8 Å². The first-order valence-electron chi connectivity index (χ1n) is 8.09. The van der Waals surface area contributed by atoms with E-state index in [1.165, 1.54) is 16.9 Å². The lowest BCUT2D eigenvalue weighted by Crippen LogP contribution is -2.14. The van der Waals surface area contributed by atoms with Crippen LogP contribution in [0, 0.1) is 0 Å². The highest BCUT2D eigenvalue weighted by molar-refractivity contribution is 7.99. The van der Waals surface area contributed by atoms with Crippen LogP contribution in [0.15, 0.2) is 53.5 Å². The number of carbonyl (C=O) groups is 1. The third-order valence-electron chi connectivity index (χ3n) is 3.65. The second kappa shape index (κ2) is 8.36. The van der Waals surface area contributed by atoms with Gasteiger partial charge in [0.1, 0.15) is 5.75 Å². The fourth-order valence-corrected chi connectivity index (χ4v) is 4.28. The lowest BCUT2D eigenvalue weighted by Gasteiger charge is -2.02. The van der Waals surface area contributed by atoms with Gasteiger partial charge in [-0.25, -0.2) is 0 Å². The zero-order valence-corrected chi connectivity index (χ0v) is 15.9. The molecule has 1 aromatic heterocycles. The second-order valence-corrected chi connectivity index (χ2v) is 7.48. The van der Waals surface area contributed by atoms with Gasteiger partial charge in [-0.2, -0.15) is 4.99 Å². The Morgan fingerprint density at radius 1 is 1.24 bits per heavy atom. The normalized spacial score (nSPS) is 11.8. The number of fused-ring (bicyclic) bond motifs is 1. The number of thiazole rings is 1. The predicted molar refractivity (Wildman–Crippen MR) is 105 cm³/mol. The molecular weight excluding hydrogens is 352 g/mol. The molecule has 0 bridgehead atoms. The summed E-state index contributed by atoms with van der Waals surface area (Å²) in [6.45, 7) is 2.60. The van der Waals surface area contributed by atoms with Crippen LogP contribution in [-0.4, -0.2) is 22.8 Å². The third kappa shape index (κ3) is 4.52. The Hall–Kier alpha value is -2.05. The van der Waals surface area contributed by atoms with Gasteiger partial charge in [0.05, 0.1) is 22.6 Å². The van der Waals surface area contributed by atoms with Crippen molar-refractivity contribution in [2.45, 2.75) is 12.7 Å². The molecule has 0 aliphatic rings. The first-order chi connectivity index (χ1) is 12.2. The van der Waals surface area contributed by atoms with Crippen molar-refractivity contribution >= 4 is 39.2 Å². The largest absolute Gasteiger partial charge is 0.494 e. The number of ether oxygens (including phenoxy) is 1. The fraction of sp³-hybridized carbons (Fsp3) is 0.263. The average Bonchev–Trinajstić information content (AvgIpc) is 2.91. The Labute approximate surface area is 155 Å². The van der Waals surface area contributed by atoms with Gasteiger partial charge in [-0.05, 0) is 30.7 Å². The van der Waals surface area contributed by atoms with Crippen molar-refractivity contribution in [3.8, 4) is 5.75 Å². The molecule has 0 radical (unpaired) electrons. The number of hydrogen-bond acceptors (Lipinski definition) is 4. The van der Waals surface area contributed by atoms with Gasteiger partial charge < -0.3 is 9.30 Å². The first kappa shape index (κ1) is 17.8. The molecule has 0 atom stereocenters. The molecule has 0 saturated heterocycles. The van der Waals surface area contributed by atoms with E-state index in [1.54, 1.807) is 11.8 Å². The monoisotopic (exact) mass is 372 g/mol. The molecule has 1 heterocycles. The van der Waals surface area contributed by atoms with Crippen LogP contribution in [0.2, 0.25) is 0 Å². The zero-order chi connectivity index (χ0) is 17.6. The van der Waals surface area contributed by atoms with Crippen molar-refractivity contribution in [1.29, 1.82) is 0 Å². The first-order valence-corrected chi connectivity index (χ1v) is 10.1. The molecule has 1 amide bonds.